The van der Waals surface area contributed by atoms with Crippen LogP contribution in [-0.4, -0.2) is 41.5 Å². The highest BCUT2D eigenvalue weighted by atomic mass is 16.4. The average Bonchev–Trinajstić information content (AvgIpc) is 2.38. The summed E-state index contributed by atoms with van der Waals surface area (Å²) in [5.74, 6) is -0.728. The van der Waals surface area contributed by atoms with E-state index >= 15 is 0 Å². The highest BCUT2D eigenvalue weighted by Gasteiger charge is 2.22. The van der Waals surface area contributed by atoms with Gasteiger partial charge in [0.15, 0.2) is 0 Å². The molecule has 0 spiro atoms. The first kappa shape index (κ1) is 17.2. The van der Waals surface area contributed by atoms with Gasteiger partial charge in [-0.05, 0) is 37.1 Å². The van der Waals surface area contributed by atoms with Gasteiger partial charge in [0, 0.05) is 5.69 Å². The zero-order valence-corrected chi connectivity index (χ0v) is 13.1. The van der Waals surface area contributed by atoms with Gasteiger partial charge in [-0.3, -0.25) is 14.5 Å². The summed E-state index contributed by atoms with van der Waals surface area (Å²) in [6.45, 7) is 6.02. The lowest BCUT2D eigenvalue weighted by molar-refractivity contribution is -0.143. The summed E-state index contributed by atoms with van der Waals surface area (Å²) in [7, 11) is 1.65. The number of anilines is 1. The molecule has 0 fully saturated rings. The second-order valence-corrected chi connectivity index (χ2v) is 5.51. The maximum Gasteiger partial charge on any atom is 0.320 e. The number of carbonyl (C=O) groups excluding carboxylic acids is 1. The lowest BCUT2D eigenvalue weighted by atomic mass is 10.0. The third kappa shape index (κ3) is 5.19. The first-order valence-corrected chi connectivity index (χ1v) is 7.18. The van der Waals surface area contributed by atoms with Gasteiger partial charge in [0.25, 0.3) is 0 Å². The van der Waals surface area contributed by atoms with Crippen LogP contribution in [0.15, 0.2) is 24.3 Å². The Bertz CT molecular complexity index is 500. The third-order valence-electron chi connectivity index (χ3n) is 3.43. The Labute approximate surface area is 126 Å². The van der Waals surface area contributed by atoms with Crippen LogP contribution in [0.5, 0.6) is 0 Å². The van der Waals surface area contributed by atoms with Gasteiger partial charge in [-0.2, -0.15) is 0 Å². The zero-order valence-electron chi connectivity index (χ0n) is 13.1. The largest absolute Gasteiger partial charge is 0.480 e. The maximum atomic E-state index is 12.0. The van der Waals surface area contributed by atoms with E-state index in [4.69, 9.17) is 5.11 Å². The van der Waals surface area contributed by atoms with Crippen LogP contribution in [0.2, 0.25) is 0 Å². The number of carbonyl (C=O) groups is 2. The van der Waals surface area contributed by atoms with E-state index in [-0.39, 0.29) is 12.5 Å². The SMILES string of the molecule is CCC(C(=O)O)N(C)CC(=O)Nc1cccc(C(C)C)c1. The van der Waals surface area contributed by atoms with Crippen molar-refractivity contribution in [2.24, 2.45) is 0 Å². The van der Waals surface area contributed by atoms with Gasteiger partial charge in [-0.25, -0.2) is 0 Å². The lowest BCUT2D eigenvalue weighted by Crippen LogP contribution is -2.42. The molecule has 1 aromatic rings. The van der Waals surface area contributed by atoms with Gasteiger partial charge in [0.2, 0.25) is 5.91 Å². The Morgan fingerprint density at radius 3 is 2.52 bits per heavy atom. The number of benzene rings is 1. The second kappa shape index (κ2) is 7.78. The fourth-order valence-electron chi connectivity index (χ4n) is 2.19. The van der Waals surface area contributed by atoms with Crippen LogP contribution < -0.4 is 5.32 Å². The van der Waals surface area contributed by atoms with Crippen LogP contribution in [0.4, 0.5) is 5.69 Å². The number of likely N-dealkylation sites (N-methyl/N-ethyl adjacent to an activating group) is 1. The summed E-state index contributed by atoms with van der Waals surface area (Å²) in [5.41, 5.74) is 1.89. The molecule has 0 heterocycles. The van der Waals surface area contributed by atoms with Gasteiger partial charge < -0.3 is 10.4 Å². The van der Waals surface area contributed by atoms with E-state index in [9.17, 15) is 9.59 Å². The molecule has 1 unspecified atom stereocenters. The number of aliphatic carboxylic acids is 1. The molecule has 1 atom stereocenters. The van der Waals surface area contributed by atoms with Gasteiger partial charge in [0.05, 0.1) is 6.54 Å². The number of amides is 1. The van der Waals surface area contributed by atoms with Crippen molar-refractivity contribution < 1.29 is 14.7 Å². The predicted octanol–water partition coefficient (Wildman–Crippen LogP) is 2.54. The normalized spacial score (nSPS) is 12.5. The van der Waals surface area contributed by atoms with E-state index in [1.54, 1.807) is 18.9 Å². The Kier molecular flexibility index (Phi) is 6.37. The van der Waals surface area contributed by atoms with Crippen LogP contribution >= 0.6 is 0 Å². The molecule has 116 valence electrons. The fraction of sp³-hybridized carbons (Fsp3) is 0.500. The van der Waals surface area contributed by atoms with Gasteiger partial charge >= 0.3 is 5.97 Å². The summed E-state index contributed by atoms with van der Waals surface area (Å²) in [5, 5.41) is 11.9. The quantitative estimate of drug-likeness (QED) is 0.810. The van der Waals surface area contributed by atoms with Crippen molar-refractivity contribution >= 4 is 17.6 Å². The van der Waals surface area contributed by atoms with E-state index in [2.05, 4.69) is 19.2 Å². The molecule has 5 nitrogen and oxygen atoms in total. The van der Waals surface area contributed by atoms with Crippen molar-refractivity contribution in [3.63, 3.8) is 0 Å². The number of nitrogens with zero attached hydrogens (tertiary/aromatic N) is 1. The molecule has 0 aliphatic carbocycles. The molecule has 0 aliphatic rings. The summed E-state index contributed by atoms with van der Waals surface area (Å²) in [6.07, 6.45) is 0.460. The van der Waals surface area contributed by atoms with Crippen molar-refractivity contribution in [3.05, 3.63) is 29.8 Å². The van der Waals surface area contributed by atoms with Gasteiger partial charge in [-0.15, -0.1) is 0 Å². The summed E-state index contributed by atoms with van der Waals surface area (Å²) >= 11 is 0. The van der Waals surface area contributed by atoms with E-state index in [0.717, 1.165) is 11.3 Å². The number of carboxylic acids is 1. The number of hydrogen-bond donors (Lipinski definition) is 2. The highest BCUT2D eigenvalue weighted by Crippen LogP contribution is 2.18. The average molecular weight is 292 g/mol. The monoisotopic (exact) mass is 292 g/mol. The molecule has 0 bridgehead atoms. The van der Waals surface area contributed by atoms with Crippen LogP contribution in [0.25, 0.3) is 0 Å². The second-order valence-electron chi connectivity index (χ2n) is 5.51. The molecule has 21 heavy (non-hydrogen) atoms. The zero-order chi connectivity index (χ0) is 16.0. The lowest BCUT2D eigenvalue weighted by Gasteiger charge is -2.22. The molecular formula is C16H24N2O3. The smallest absolute Gasteiger partial charge is 0.320 e. The van der Waals surface area contributed by atoms with Crippen LogP contribution in [0.3, 0.4) is 0 Å². The minimum absolute atomic E-state index is 0.0523. The predicted molar refractivity (Wildman–Crippen MR) is 83.5 cm³/mol. The molecule has 0 aliphatic heterocycles. The Morgan fingerprint density at radius 1 is 1.33 bits per heavy atom. The van der Waals surface area contributed by atoms with Gasteiger partial charge in [0.1, 0.15) is 6.04 Å². The number of carboxylic acid groups (broad SMARTS) is 1. The molecular weight excluding hydrogens is 268 g/mol. The van der Waals surface area contributed by atoms with Crippen molar-refractivity contribution in [3.8, 4) is 0 Å². The minimum Gasteiger partial charge on any atom is -0.480 e. The first-order valence-electron chi connectivity index (χ1n) is 7.18. The molecule has 1 aromatic carbocycles. The number of hydrogen-bond acceptors (Lipinski definition) is 3. The van der Waals surface area contributed by atoms with E-state index in [0.29, 0.717) is 12.3 Å². The van der Waals surface area contributed by atoms with E-state index in [1.807, 2.05) is 24.3 Å². The molecule has 0 saturated heterocycles. The summed E-state index contributed by atoms with van der Waals surface area (Å²) in [4.78, 5) is 24.6. The highest BCUT2D eigenvalue weighted by molar-refractivity contribution is 5.92. The van der Waals surface area contributed by atoms with Crippen molar-refractivity contribution in [2.75, 3.05) is 18.9 Å². The molecule has 0 radical (unpaired) electrons. The van der Waals surface area contributed by atoms with Crippen LogP contribution in [0, 0.1) is 0 Å². The van der Waals surface area contributed by atoms with Crippen molar-refractivity contribution in [1.82, 2.24) is 4.90 Å². The molecule has 5 heteroatoms. The minimum atomic E-state index is -0.908. The Balaban J connectivity index is 2.65. The van der Waals surface area contributed by atoms with Gasteiger partial charge in [-0.1, -0.05) is 32.9 Å². The number of nitrogens with one attached hydrogen (secondary N) is 1. The standard InChI is InChI=1S/C16H24N2O3/c1-5-14(16(20)21)18(4)10-15(19)17-13-8-6-7-12(9-13)11(2)3/h6-9,11,14H,5,10H2,1-4H3,(H,17,19)(H,20,21). The number of rotatable bonds is 7. The van der Waals surface area contributed by atoms with Crippen LogP contribution in [-0.2, 0) is 9.59 Å². The fourth-order valence-corrected chi connectivity index (χ4v) is 2.19. The third-order valence-corrected chi connectivity index (χ3v) is 3.43. The Morgan fingerprint density at radius 2 is 2.00 bits per heavy atom. The van der Waals surface area contributed by atoms with E-state index < -0.39 is 12.0 Å². The van der Waals surface area contributed by atoms with Crippen molar-refractivity contribution in [1.29, 1.82) is 0 Å². The molecule has 1 amide bonds. The topological polar surface area (TPSA) is 69.6 Å². The molecule has 2 N–H and O–H groups in total. The molecule has 0 aromatic heterocycles. The van der Waals surface area contributed by atoms with Crippen LogP contribution in [0.1, 0.15) is 38.7 Å². The van der Waals surface area contributed by atoms with E-state index in [1.165, 1.54) is 0 Å². The van der Waals surface area contributed by atoms with Crippen molar-refractivity contribution in [2.45, 2.75) is 39.2 Å². The molecule has 0 saturated carbocycles. The summed E-state index contributed by atoms with van der Waals surface area (Å²) < 4.78 is 0. The summed E-state index contributed by atoms with van der Waals surface area (Å²) in [6, 6.07) is 7.05. The Hall–Kier alpha value is -1.88. The first-order chi connectivity index (χ1) is 9.85. The maximum absolute atomic E-state index is 12.0. The molecule has 1 rings (SSSR count).